The lowest BCUT2D eigenvalue weighted by Crippen LogP contribution is -1.96. The molecule has 0 saturated heterocycles. The normalized spacial score (nSPS) is 11.9. The predicted molar refractivity (Wildman–Crippen MR) is 46.4 cm³/mol. The van der Waals surface area contributed by atoms with E-state index in [0.717, 1.165) is 12.2 Å². The van der Waals surface area contributed by atoms with Crippen molar-refractivity contribution in [2.75, 3.05) is 0 Å². The van der Waals surface area contributed by atoms with Crippen LogP contribution in [0, 0.1) is 11.3 Å². The van der Waals surface area contributed by atoms with Gasteiger partial charge in [-0.1, -0.05) is 6.08 Å². The third-order valence-electron chi connectivity index (χ3n) is 1.72. The summed E-state index contributed by atoms with van der Waals surface area (Å²) >= 11 is 0. The summed E-state index contributed by atoms with van der Waals surface area (Å²) in [6, 6.07) is 2.10. The number of allylic oxidation sites excluding steroid dienone is 1. The van der Waals surface area contributed by atoms with Crippen molar-refractivity contribution in [1.82, 2.24) is 9.97 Å². The molecule has 1 N–H and O–H groups in total. The van der Waals surface area contributed by atoms with E-state index in [1.54, 1.807) is 12.4 Å². The van der Waals surface area contributed by atoms with Gasteiger partial charge >= 0.3 is 0 Å². The number of hydrogen-bond acceptors (Lipinski definition) is 2. The van der Waals surface area contributed by atoms with Gasteiger partial charge in [-0.25, -0.2) is 4.98 Å². The van der Waals surface area contributed by atoms with Crippen molar-refractivity contribution in [3.05, 3.63) is 30.9 Å². The van der Waals surface area contributed by atoms with Gasteiger partial charge in [-0.2, -0.15) is 5.26 Å². The van der Waals surface area contributed by atoms with Crippen LogP contribution in [0.3, 0.4) is 0 Å². The molecule has 0 radical (unpaired) electrons. The molecule has 0 fully saturated rings. The van der Waals surface area contributed by atoms with E-state index in [0.29, 0.717) is 6.42 Å². The number of nitrogens with one attached hydrogen (secondary N) is 1. The molecule has 1 atom stereocenters. The van der Waals surface area contributed by atoms with E-state index in [9.17, 15) is 0 Å². The Morgan fingerprint density at radius 2 is 2.67 bits per heavy atom. The van der Waals surface area contributed by atoms with Gasteiger partial charge < -0.3 is 4.98 Å². The van der Waals surface area contributed by atoms with Crippen molar-refractivity contribution in [3.63, 3.8) is 0 Å². The van der Waals surface area contributed by atoms with E-state index in [1.165, 1.54) is 0 Å². The van der Waals surface area contributed by atoms with Crippen molar-refractivity contribution >= 4 is 0 Å². The van der Waals surface area contributed by atoms with Gasteiger partial charge in [0.05, 0.1) is 6.07 Å². The Bertz CT molecular complexity index is 268. The smallest absolute Gasteiger partial charge is 0.112 e. The highest BCUT2D eigenvalue weighted by atomic mass is 14.9. The molecule has 3 nitrogen and oxygen atoms in total. The number of aromatic amines is 1. The van der Waals surface area contributed by atoms with Crippen LogP contribution < -0.4 is 0 Å². The number of H-pyrrole nitrogens is 1. The van der Waals surface area contributed by atoms with Gasteiger partial charge in [-0.3, -0.25) is 0 Å². The largest absolute Gasteiger partial charge is 0.348 e. The maximum absolute atomic E-state index is 8.39. The van der Waals surface area contributed by atoms with Crippen LogP contribution in [-0.2, 0) is 0 Å². The molecular weight excluding hydrogens is 150 g/mol. The molecule has 0 aliphatic rings. The minimum Gasteiger partial charge on any atom is -0.348 e. The molecule has 62 valence electrons. The van der Waals surface area contributed by atoms with E-state index in [2.05, 4.69) is 22.6 Å². The Hall–Kier alpha value is -1.56. The van der Waals surface area contributed by atoms with Crippen molar-refractivity contribution < 1.29 is 0 Å². The second kappa shape index (κ2) is 4.35. The topological polar surface area (TPSA) is 52.5 Å². The molecule has 0 spiro atoms. The number of imidazole rings is 1. The van der Waals surface area contributed by atoms with Gasteiger partial charge in [0, 0.05) is 24.7 Å². The molecular formula is C9H11N3. The molecule has 0 amide bonds. The van der Waals surface area contributed by atoms with Gasteiger partial charge in [0.15, 0.2) is 0 Å². The first-order valence-corrected chi connectivity index (χ1v) is 3.87. The zero-order valence-corrected chi connectivity index (χ0v) is 6.83. The zero-order valence-electron chi connectivity index (χ0n) is 6.83. The zero-order chi connectivity index (χ0) is 8.81. The third kappa shape index (κ3) is 1.96. The maximum atomic E-state index is 8.39. The minimum atomic E-state index is 0.180. The first-order chi connectivity index (χ1) is 5.88. The Balaban J connectivity index is 2.58. The fourth-order valence-electron chi connectivity index (χ4n) is 1.07. The first-order valence-electron chi connectivity index (χ1n) is 3.87. The molecule has 3 heteroatoms. The summed E-state index contributed by atoms with van der Waals surface area (Å²) in [5.74, 6) is 1.07. The van der Waals surface area contributed by atoms with E-state index in [1.807, 2.05) is 6.08 Å². The van der Waals surface area contributed by atoms with Crippen LogP contribution in [0.25, 0.3) is 0 Å². The van der Waals surface area contributed by atoms with Crippen LogP contribution in [0.1, 0.15) is 24.6 Å². The SMILES string of the molecule is C=CC(CCC#N)c1ncc[nH]1. The van der Waals surface area contributed by atoms with Gasteiger partial charge in [-0.05, 0) is 6.42 Å². The monoisotopic (exact) mass is 161 g/mol. The summed E-state index contributed by atoms with van der Waals surface area (Å²) in [6.45, 7) is 3.70. The second-order valence-electron chi connectivity index (χ2n) is 2.51. The van der Waals surface area contributed by atoms with Crippen LogP contribution in [-0.4, -0.2) is 9.97 Å². The van der Waals surface area contributed by atoms with E-state index in [4.69, 9.17) is 5.26 Å². The van der Waals surface area contributed by atoms with E-state index in [-0.39, 0.29) is 5.92 Å². The Morgan fingerprint density at radius 3 is 3.17 bits per heavy atom. The molecule has 1 aromatic rings. The van der Waals surface area contributed by atoms with Crippen molar-refractivity contribution in [2.24, 2.45) is 0 Å². The molecule has 1 aromatic heterocycles. The summed E-state index contributed by atoms with van der Waals surface area (Å²) in [5, 5.41) is 8.39. The number of aromatic nitrogens is 2. The Kier molecular flexibility index (Phi) is 3.09. The Labute approximate surface area is 71.8 Å². The molecule has 0 bridgehead atoms. The standard InChI is InChI=1S/C9H11N3/c1-2-8(4-3-5-10)9-11-6-7-12-9/h2,6-8H,1,3-4H2,(H,11,12). The number of nitriles is 1. The minimum absolute atomic E-state index is 0.180. The second-order valence-corrected chi connectivity index (χ2v) is 2.51. The highest BCUT2D eigenvalue weighted by Gasteiger charge is 2.08. The summed E-state index contributed by atoms with van der Waals surface area (Å²) < 4.78 is 0. The van der Waals surface area contributed by atoms with Crippen LogP contribution in [0.4, 0.5) is 0 Å². The molecule has 1 heterocycles. The van der Waals surface area contributed by atoms with Gasteiger partial charge in [0.2, 0.25) is 0 Å². The van der Waals surface area contributed by atoms with Gasteiger partial charge in [-0.15, -0.1) is 6.58 Å². The molecule has 1 rings (SSSR count). The highest BCUT2D eigenvalue weighted by molar-refractivity contribution is 5.05. The van der Waals surface area contributed by atoms with Crippen LogP contribution in [0.5, 0.6) is 0 Å². The quantitative estimate of drug-likeness (QED) is 0.686. The van der Waals surface area contributed by atoms with Crippen molar-refractivity contribution in [2.45, 2.75) is 18.8 Å². The summed E-state index contributed by atoms with van der Waals surface area (Å²) in [4.78, 5) is 7.11. The molecule has 12 heavy (non-hydrogen) atoms. The lowest BCUT2D eigenvalue weighted by molar-refractivity contribution is 0.717. The lowest BCUT2D eigenvalue weighted by Gasteiger charge is -2.05. The van der Waals surface area contributed by atoms with Crippen LogP contribution in [0.15, 0.2) is 25.0 Å². The highest BCUT2D eigenvalue weighted by Crippen LogP contribution is 2.17. The van der Waals surface area contributed by atoms with Crippen molar-refractivity contribution in [3.8, 4) is 6.07 Å². The summed E-state index contributed by atoms with van der Waals surface area (Å²) in [7, 11) is 0. The van der Waals surface area contributed by atoms with Crippen LogP contribution >= 0.6 is 0 Å². The van der Waals surface area contributed by atoms with Crippen LogP contribution in [0.2, 0.25) is 0 Å². The molecule has 0 aliphatic heterocycles. The average Bonchev–Trinajstić information content (AvgIpc) is 2.59. The molecule has 1 unspecified atom stereocenters. The molecule has 0 aromatic carbocycles. The van der Waals surface area contributed by atoms with Crippen molar-refractivity contribution in [1.29, 1.82) is 5.26 Å². The van der Waals surface area contributed by atoms with E-state index >= 15 is 0 Å². The molecule has 0 aliphatic carbocycles. The maximum Gasteiger partial charge on any atom is 0.112 e. The number of rotatable bonds is 4. The average molecular weight is 161 g/mol. The van der Waals surface area contributed by atoms with E-state index < -0.39 is 0 Å². The number of nitrogens with zero attached hydrogens (tertiary/aromatic N) is 2. The number of hydrogen-bond donors (Lipinski definition) is 1. The molecule has 0 saturated carbocycles. The lowest BCUT2D eigenvalue weighted by atomic mass is 10.0. The fraction of sp³-hybridized carbons (Fsp3) is 0.333. The Morgan fingerprint density at radius 1 is 1.83 bits per heavy atom. The third-order valence-corrected chi connectivity index (χ3v) is 1.72. The summed E-state index contributed by atoms with van der Waals surface area (Å²) in [6.07, 6.45) is 6.62. The fourth-order valence-corrected chi connectivity index (χ4v) is 1.07. The van der Waals surface area contributed by atoms with Gasteiger partial charge in [0.1, 0.15) is 5.82 Å². The first kappa shape index (κ1) is 8.54. The predicted octanol–water partition coefficient (Wildman–Crippen LogP) is 1.98. The van der Waals surface area contributed by atoms with Gasteiger partial charge in [0.25, 0.3) is 0 Å². The summed E-state index contributed by atoms with van der Waals surface area (Å²) in [5.41, 5.74) is 0.